The van der Waals surface area contributed by atoms with Gasteiger partial charge in [-0.2, -0.15) is 0 Å². The molecule has 1 N–H and O–H groups in total. The third-order valence-electron chi connectivity index (χ3n) is 3.57. The summed E-state index contributed by atoms with van der Waals surface area (Å²) in [6, 6.07) is 8.24. The second kappa shape index (κ2) is 9.53. The van der Waals surface area contributed by atoms with Gasteiger partial charge in [-0.25, -0.2) is 0 Å². The van der Waals surface area contributed by atoms with Crippen molar-refractivity contribution >= 4 is 5.91 Å². The summed E-state index contributed by atoms with van der Waals surface area (Å²) >= 11 is 0. The molecule has 21 heavy (non-hydrogen) atoms. The van der Waals surface area contributed by atoms with E-state index in [2.05, 4.69) is 38.1 Å². The summed E-state index contributed by atoms with van der Waals surface area (Å²) in [6.07, 6.45) is 2.14. The van der Waals surface area contributed by atoms with E-state index in [1.54, 1.807) is 4.90 Å². The van der Waals surface area contributed by atoms with Crippen LogP contribution in [0.4, 0.5) is 0 Å². The Morgan fingerprint density at radius 1 is 1.19 bits per heavy atom. The van der Waals surface area contributed by atoms with Crippen LogP contribution in [0.15, 0.2) is 24.3 Å². The van der Waals surface area contributed by atoms with E-state index in [1.165, 1.54) is 5.56 Å². The van der Waals surface area contributed by atoms with Crippen LogP contribution >= 0.6 is 0 Å². The molecule has 118 valence electrons. The highest BCUT2D eigenvalue weighted by molar-refractivity contribution is 5.78. The van der Waals surface area contributed by atoms with Crippen molar-refractivity contribution < 1.29 is 9.90 Å². The monoisotopic (exact) mass is 292 g/mol. The van der Waals surface area contributed by atoms with Crippen LogP contribution in [0.5, 0.6) is 0 Å². The van der Waals surface area contributed by atoms with Crippen LogP contribution in [-0.4, -0.2) is 54.1 Å². The van der Waals surface area contributed by atoms with Gasteiger partial charge in [0.25, 0.3) is 0 Å². The summed E-state index contributed by atoms with van der Waals surface area (Å²) in [5.41, 5.74) is 2.36. The lowest BCUT2D eigenvalue weighted by molar-refractivity contribution is -0.131. The number of aliphatic hydroxyl groups is 1. The molecule has 1 aromatic rings. The molecule has 0 aliphatic carbocycles. The SMILES string of the molecule is CCCCN(CCO)CC(=O)N(C)Cc1ccc(C)cc1. The first-order valence-corrected chi connectivity index (χ1v) is 7.69. The smallest absolute Gasteiger partial charge is 0.236 e. The molecule has 1 amide bonds. The Bertz CT molecular complexity index is 417. The molecule has 0 spiro atoms. The quantitative estimate of drug-likeness (QED) is 0.757. The van der Waals surface area contributed by atoms with Crippen molar-refractivity contribution in [3.8, 4) is 0 Å². The van der Waals surface area contributed by atoms with Crippen molar-refractivity contribution in [2.75, 3.05) is 33.3 Å². The van der Waals surface area contributed by atoms with E-state index in [9.17, 15) is 4.79 Å². The lowest BCUT2D eigenvalue weighted by Gasteiger charge is -2.24. The minimum atomic E-state index is 0.0959. The average molecular weight is 292 g/mol. The number of benzene rings is 1. The van der Waals surface area contributed by atoms with Gasteiger partial charge in [0.1, 0.15) is 0 Å². The van der Waals surface area contributed by atoms with E-state index in [1.807, 2.05) is 11.9 Å². The van der Waals surface area contributed by atoms with Crippen LogP contribution in [0, 0.1) is 6.92 Å². The number of aryl methyl sites for hydroxylation is 1. The zero-order valence-corrected chi connectivity index (χ0v) is 13.5. The van der Waals surface area contributed by atoms with Crippen molar-refractivity contribution in [2.45, 2.75) is 33.2 Å². The second-order valence-electron chi connectivity index (χ2n) is 5.59. The molecule has 0 aliphatic rings. The van der Waals surface area contributed by atoms with E-state index >= 15 is 0 Å². The van der Waals surface area contributed by atoms with Gasteiger partial charge in [0.05, 0.1) is 13.2 Å². The zero-order valence-electron chi connectivity index (χ0n) is 13.5. The van der Waals surface area contributed by atoms with Crippen molar-refractivity contribution in [3.63, 3.8) is 0 Å². The van der Waals surface area contributed by atoms with Crippen LogP contribution in [0.25, 0.3) is 0 Å². The highest BCUT2D eigenvalue weighted by atomic mass is 16.3. The highest BCUT2D eigenvalue weighted by Gasteiger charge is 2.14. The molecule has 1 rings (SSSR count). The molecular weight excluding hydrogens is 264 g/mol. The minimum Gasteiger partial charge on any atom is -0.395 e. The Hall–Kier alpha value is -1.39. The summed E-state index contributed by atoms with van der Waals surface area (Å²) in [6.45, 7) is 6.70. The first-order valence-electron chi connectivity index (χ1n) is 7.69. The maximum atomic E-state index is 12.3. The lowest BCUT2D eigenvalue weighted by Crippen LogP contribution is -2.39. The van der Waals surface area contributed by atoms with Crippen molar-refractivity contribution in [1.82, 2.24) is 9.80 Å². The fourth-order valence-corrected chi connectivity index (χ4v) is 2.16. The number of unbranched alkanes of at least 4 members (excludes halogenated alkanes) is 1. The summed E-state index contributed by atoms with van der Waals surface area (Å²) in [5.74, 6) is 0.0973. The van der Waals surface area contributed by atoms with Gasteiger partial charge < -0.3 is 10.0 Å². The number of aliphatic hydroxyl groups excluding tert-OH is 1. The molecular formula is C17H28N2O2. The van der Waals surface area contributed by atoms with Gasteiger partial charge >= 0.3 is 0 Å². The fourth-order valence-electron chi connectivity index (χ4n) is 2.16. The van der Waals surface area contributed by atoms with Crippen LogP contribution < -0.4 is 0 Å². The Labute approximate surface area is 128 Å². The summed E-state index contributed by atoms with van der Waals surface area (Å²) < 4.78 is 0. The first-order chi connectivity index (χ1) is 10.1. The number of likely N-dealkylation sites (N-methyl/N-ethyl adjacent to an activating group) is 1. The maximum Gasteiger partial charge on any atom is 0.236 e. The number of nitrogens with zero attached hydrogens (tertiary/aromatic N) is 2. The van der Waals surface area contributed by atoms with E-state index in [4.69, 9.17) is 5.11 Å². The standard InChI is InChI=1S/C17H28N2O2/c1-4-5-10-19(11-12-20)14-17(21)18(3)13-16-8-6-15(2)7-9-16/h6-9,20H,4-5,10-14H2,1-3H3. The van der Waals surface area contributed by atoms with Gasteiger partial charge in [-0.05, 0) is 25.5 Å². The highest BCUT2D eigenvalue weighted by Crippen LogP contribution is 2.06. The van der Waals surface area contributed by atoms with E-state index in [0.29, 0.717) is 19.6 Å². The van der Waals surface area contributed by atoms with Gasteiger partial charge in [0.15, 0.2) is 0 Å². The van der Waals surface area contributed by atoms with E-state index in [-0.39, 0.29) is 12.5 Å². The molecule has 0 fully saturated rings. The van der Waals surface area contributed by atoms with Gasteiger partial charge in [-0.3, -0.25) is 9.69 Å². The van der Waals surface area contributed by atoms with Gasteiger partial charge in [0.2, 0.25) is 5.91 Å². The van der Waals surface area contributed by atoms with Gasteiger partial charge in [-0.1, -0.05) is 43.2 Å². The van der Waals surface area contributed by atoms with Crippen molar-refractivity contribution in [2.24, 2.45) is 0 Å². The summed E-state index contributed by atoms with van der Waals surface area (Å²) in [4.78, 5) is 16.0. The Morgan fingerprint density at radius 2 is 1.86 bits per heavy atom. The largest absolute Gasteiger partial charge is 0.395 e. The van der Waals surface area contributed by atoms with Crippen molar-refractivity contribution in [3.05, 3.63) is 35.4 Å². The first kappa shape index (κ1) is 17.7. The number of hydrogen-bond donors (Lipinski definition) is 1. The third kappa shape index (κ3) is 6.74. The molecule has 4 heteroatoms. The molecule has 0 saturated carbocycles. The molecule has 0 aromatic heterocycles. The zero-order chi connectivity index (χ0) is 15.7. The molecule has 0 saturated heterocycles. The predicted molar refractivity (Wildman–Crippen MR) is 86.1 cm³/mol. The minimum absolute atomic E-state index is 0.0959. The molecule has 1 aromatic carbocycles. The molecule has 0 unspecified atom stereocenters. The molecule has 0 radical (unpaired) electrons. The number of carbonyl (C=O) groups excluding carboxylic acids is 1. The van der Waals surface area contributed by atoms with Crippen LogP contribution in [0.2, 0.25) is 0 Å². The maximum absolute atomic E-state index is 12.3. The fraction of sp³-hybridized carbons (Fsp3) is 0.588. The normalized spacial score (nSPS) is 10.9. The molecule has 0 atom stereocenters. The second-order valence-corrected chi connectivity index (χ2v) is 5.59. The number of amides is 1. The molecule has 0 bridgehead atoms. The summed E-state index contributed by atoms with van der Waals surface area (Å²) in [5, 5.41) is 9.08. The van der Waals surface area contributed by atoms with Crippen LogP contribution in [-0.2, 0) is 11.3 Å². The van der Waals surface area contributed by atoms with Crippen LogP contribution in [0.1, 0.15) is 30.9 Å². The van der Waals surface area contributed by atoms with Crippen molar-refractivity contribution in [1.29, 1.82) is 0 Å². The molecule has 0 aliphatic heterocycles. The number of rotatable bonds is 9. The van der Waals surface area contributed by atoms with E-state index in [0.717, 1.165) is 24.9 Å². The Kier molecular flexibility index (Phi) is 8.01. The molecule has 0 heterocycles. The Balaban J connectivity index is 2.49. The van der Waals surface area contributed by atoms with E-state index < -0.39 is 0 Å². The summed E-state index contributed by atoms with van der Waals surface area (Å²) in [7, 11) is 1.83. The average Bonchev–Trinajstić information content (AvgIpc) is 2.47. The number of hydrogen-bond acceptors (Lipinski definition) is 3. The van der Waals surface area contributed by atoms with Gasteiger partial charge in [0, 0.05) is 20.1 Å². The number of carbonyl (C=O) groups is 1. The predicted octanol–water partition coefficient (Wildman–Crippen LogP) is 2.05. The topological polar surface area (TPSA) is 43.8 Å². The lowest BCUT2D eigenvalue weighted by atomic mass is 10.1. The molecule has 4 nitrogen and oxygen atoms in total. The Morgan fingerprint density at radius 3 is 2.43 bits per heavy atom. The van der Waals surface area contributed by atoms with Crippen LogP contribution in [0.3, 0.4) is 0 Å². The van der Waals surface area contributed by atoms with Gasteiger partial charge in [-0.15, -0.1) is 0 Å². The third-order valence-corrected chi connectivity index (χ3v) is 3.57.